The fourth-order valence-corrected chi connectivity index (χ4v) is 6.43. The summed E-state index contributed by atoms with van der Waals surface area (Å²) in [6, 6.07) is 22.6. The van der Waals surface area contributed by atoms with Crippen molar-refractivity contribution < 1.29 is 14.1 Å². The number of nitrogens with one attached hydrogen (secondary N) is 1. The van der Waals surface area contributed by atoms with Crippen LogP contribution in [0.2, 0.25) is 0 Å². The third-order valence-corrected chi connectivity index (χ3v) is 8.17. The molecule has 32 heavy (non-hydrogen) atoms. The van der Waals surface area contributed by atoms with Crippen LogP contribution in [0.1, 0.15) is 23.6 Å². The number of hydrogen-bond donors (Lipinski definition) is 2. The first-order valence-corrected chi connectivity index (χ1v) is 13.1. The van der Waals surface area contributed by atoms with Crippen LogP contribution in [0.4, 0.5) is 0 Å². The van der Waals surface area contributed by atoms with Gasteiger partial charge >= 0.3 is 0 Å². The minimum atomic E-state index is -1.31. The van der Waals surface area contributed by atoms with Crippen LogP contribution in [0, 0.1) is 0 Å². The lowest BCUT2D eigenvalue weighted by Gasteiger charge is -2.28. The highest BCUT2D eigenvalue weighted by Crippen LogP contribution is 2.37. The Morgan fingerprint density at radius 1 is 1.09 bits per heavy atom. The first-order chi connectivity index (χ1) is 15.7. The van der Waals surface area contributed by atoms with Gasteiger partial charge in [0.1, 0.15) is 11.0 Å². The van der Waals surface area contributed by atoms with Crippen LogP contribution in [0.5, 0.6) is 0 Å². The van der Waals surface area contributed by atoms with Gasteiger partial charge in [0.05, 0.1) is 17.3 Å². The molecule has 0 radical (unpaired) electrons. The number of aliphatic hydroxyl groups is 1. The van der Waals surface area contributed by atoms with Crippen LogP contribution in [-0.4, -0.2) is 50.7 Å². The maximum atomic E-state index is 13.8. The lowest BCUT2D eigenvalue weighted by atomic mass is 10.1. The molecule has 0 heterocycles. The average Bonchev–Trinajstić information content (AvgIpc) is 3.26. The van der Waals surface area contributed by atoms with E-state index in [9.17, 15) is 9.00 Å². The minimum absolute atomic E-state index is 0.0595. The van der Waals surface area contributed by atoms with Crippen molar-refractivity contribution in [2.45, 2.75) is 23.8 Å². The molecule has 168 valence electrons. The van der Waals surface area contributed by atoms with E-state index in [-0.39, 0.29) is 25.1 Å². The SMILES string of the molecule is O=C(CSCCN(C1CCc2ccccc21)S(=O)c1ccc2ccccc2c1)NCCO. The van der Waals surface area contributed by atoms with Gasteiger partial charge in [-0.15, -0.1) is 0 Å². The number of amides is 1. The van der Waals surface area contributed by atoms with Crippen LogP contribution in [-0.2, 0) is 22.2 Å². The third kappa shape index (κ3) is 5.41. The van der Waals surface area contributed by atoms with Gasteiger partial charge in [-0.25, -0.2) is 8.51 Å². The quantitative estimate of drug-likeness (QED) is 0.445. The molecule has 1 aliphatic carbocycles. The molecule has 2 N–H and O–H groups in total. The number of carbonyl (C=O) groups excluding carboxylic acids is 1. The Bertz CT molecular complexity index is 1110. The van der Waals surface area contributed by atoms with Crippen molar-refractivity contribution in [1.29, 1.82) is 0 Å². The second-order valence-corrected chi connectivity index (χ2v) is 10.3. The first-order valence-electron chi connectivity index (χ1n) is 10.9. The Morgan fingerprint density at radius 2 is 1.88 bits per heavy atom. The molecular formula is C25H28N2O3S2. The highest BCUT2D eigenvalue weighted by molar-refractivity contribution is 8.00. The third-order valence-electron chi connectivity index (χ3n) is 5.71. The molecule has 5 nitrogen and oxygen atoms in total. The summed E-state index contributed by atoms with van der Waals surface area (Å²) in [4.78, 5) is 12.6. The molecular weight excluding hydrogens is 440 g/mol. The van der Waals surface area contributed by atoms with Gasteiger partial charge in [0, 0.05) is 24.9 Å². The Balaban J connectivity index is 1.52. The summed E-state index contributed by atoms with van der Waals surface area (Å²) in [5.74, 6) is 0.944. The molecule has 7 heteroatoms. The van der Waals surface area contributed by atoms with E-state index in [1.54, 1.807) is 0 Å². The summed E-state index contributed by atoms with van der Waals surface area (Å²) >= 11 is 1.53. The molecule has 0 saturated heterocycles. The van der Waals surface area contributed by atoms with Crippen molar-refractivity contribution >= 4 is 39.4 Å². The molecule has 4 rings (SSSR count). The standard InChI is InChI=1S/C25H28N2O3S2/c28-15-13-26-25(29)18-31-16-14-27(24-12-10-20-6-3-4-8-23(20)24)32(30)22-11-9-19-5-1-2-7-21(19)17-22/h1-9,11,17,24,28H,10,12-16,18H2,(H,26,29). The summed E-state index contributed by atoms with van der Waals surface area (Å²) in [6.07, 6.45) is 1.93. The number of thioether (sulfide) groups is 1. The van der Waals surface area contributed by atoms with E-state index in [0.717, 1.165) is 28.5 Å². The summed E-state index contributed by atoms with van der Waals surface area (Å²) < 4.78 is 15.9. The van der Waals surface area contributed by atoms with E-state index in [2.05, 4.69) is 40.0 Å². The molecule has 0 saturated carbocycles. The predicted molar refractivity (Wildman–Crippen MR) is 132 cm³/mol. The summed E-state index contributed by atoms with van der Waals surface area (Å²) in [5.41, 5.74) is 2.58. The van der Waals surface area contributed by atoms with Gasteiger partial charge in [0.25, 0.3) is 0 Å². The molecule has 0 fully saturated rings. The van der Waals surface area contributed by atoms with Crippen molar-refractivity contribution in [1.82, 2.24) is 9.62 Å². The number of fused-ring (bicyclic) bond motifs is 2. The first kappa shape index (κ1) is 23.0. The van der Waals surface area contributed by atoms with Crippen molar-refractivity contribution in [2.75, 3.05) is 31.2 Å². The zero-order valence-electron chi connectivity index (χ0n) is 17.9. The summed E-state index contributed by atoms with van der Waals surface area (Å²) in [7, 11) is -1.31. The maximum Gasteiger partial charge on any atom is 0.230 e. The van der Waals surface area contributed by atoms with E-state index in [1.807, 2.05) is 36.4 Å². The van der Waals surface area contributed by atoms with E-state index in [1.165, 1.54) is 22.9 Å². The largest absolute Gasteiger partial charge is 0.395 e. The van der Waals surface area contributed by atoms with E-state index in [4.69, 9.17) is 5.11 Å². The van der Waals surface area contributed by atoms with E-state index in [0.29, 0.717) is 18.1 Å². The van der Waals surface area contributed by atoms with Crippen molar-refractivity contribution in [3.63, 3.8) is 0 Å². The number of hydrogen-bond acceptors (Lipinski definition) is 4. The lowest BCUT2D eigenvalue weighted by Crippen LogP contribution is -2.32. The number of rotatable bonds is 10. The normalized spacial score (nSPS) is 16.2. The smallest absolute Gasteiger partial charge is 0.230 e. The second-order valence-electron chi connectivity index (χ2n) is 7.78. The van der Waals surface area contributed by atoms with Crippen LogP contribution >= 0.6 is 11.8 Å². The van der Waals surface area contributed by atoms with Gasteiger partial charge in [-0.3, -0.25) is 4.79 Å². The van der Waals surface area contributed by atoms with E-state index < -0.39 is 11.0 Å². The Labute approximate surface area is 195 Å². The van der Waals surface area contributed by atoms with Crippen LogP contribution in [0.15, 0.2) is 71.6 Å². The zero-order chi connectivity index (χ0) is 22.3. The average molecular weight is 469 g/mol. The molecule has 1 aliphatic rings. The predicted octanol–water partition coefficient (Wildman–Crippen LogP) is 3.69. The Morgan fingerprint density at radius 3 is 2.72 bits per heavy atom. The summed E-state index contributed by atoms with van der Waals surface area (Å²) in [6.45, 7) is 0.836. The van der Waals surface area contributed by atoms with Crippen LogP contribution in [0.3, 0.4) is 0 Å². The number of benzene rings is 3. The number of aryl methyl sites for hydroxylation is 1. The molecule has 2 unspecified atom stereocenters. The van der Waals surface area contributed by atoms with Gasteiger partial charge < -0.3 is 10.4 Å². The molecule has 3 aromatic carbocycles. The molecule has 3 aromatic rings. The highest BCUT2D eigenvalue weighted by Gasteiger charge is 2.31. The van der Waals surface area contributed by atoms with Gasteiger partial charge in [0.2, 0.25) is 5.91 Å². The fourth-order valence-electron chi connectivity index (χ4n) is 4.17. The van der Waals surface area contributed by atoms with Crippen molar-refractivity contribution in [2.24, 2.45) is 0 Å². The zero-order valence-corrected chi connectivity index (χ0v) is 19.5. The topological polar surface area (TPSA) is 69.6 Å². The van der Waals surface area contributed by atoms with Gasteiger partial charge in [-0.2, -0.15) is 11.8 Å². The second kappa shape index (κ2) is 11.1. The van der Waals surface area contributed by atoms with Crippen LogP contribution in [0.25, 0.3) is 10.8 Å². The Hall–Kier alpha value is -2.19. The van der Waals surface area contributed by atoms with Gasteiger partial charge in [0.15, 0.2) is 0 Å². The highest BCUT2D eigenvalue weighted by atomic mass is 32.2. The molecule has 0 spiro atoms. The molecule has 2 atom stereocenters. The fraction of sp³-hybridized carbons (Fsp3) is 0.320. The maximum absolute atomic E-state index is 13.8. The van der Waals surface area contributed by atoms with Crippen molar-refractivity contribution in [3.05, 3.63) is 77.9 Å². The lowest BCUT2D eigenvalue weighted by molar-refractivity contribution is -0.118. The van der Waals surface area contributed by atoms with Crippen molar-refractivity contribution in [3.8, 4) is 0 Å². The number of carbonyl (C=O) groups is 1. The number of aliphatic hydroxyl groups excluding tert-OH is 1. The Kier molecular flexibility index (Phi) is 7.97. The molecule has 0 aliphatic heterocycles. The molecule has 0 aromatic heterocycles. The minimum Gasteiger partial charge on any atom is -0.395 e. The van der Waals surface area contributed by atoms with Gasteiger partial charge in [-0.1, -0.05) is 54.6 Å². The van der Waals surface area contributed by atoms with Crippen LogP contribution < -0.4 is 5.32 Å². The van der Waals surface area contributed by atoms with E-state index >= 15 is 0 Å². The molecule has 1 amide bonds. The monoisotopic (exact) mass is 468 g/mol. The summed E-state index contributed by atoms with van der Waals surface area (Å²) in [5, 5.41) is 13.7. The van der Waals surface area contributed by atoms with Gasteiger partial charge in [-0.05, 0) is 46.9 Å². The molecule has 0 bridgehead atoms. The number of nitrogens with zero attached hydrogens (tertiary/aromatic N) is 1.